The zero-order chi connectivity index (χ0) is 23.7. The molecule has 31 heavy (non-hydrogen) atoms. The highest BCUT2D eigenvalue weighted by molar-refractivity contribution is 7.89. The minimum Gasteiger partial charge on any atom is -0.417 e. The molecule has 0 unspecified atom stereocenters. The number of carbonyl (C=O) groups excluding carboxylic acids is 1. The van der Waals surface area contributed by atoms with Crippen LogP contribution >= 0.6 is 0 Å². The summed E-state index contributed by atoms with van der Waals surface area (Å²) in [5, 5.41) is 10.6. The van der Waals surface area contributed by atoms with Crippen LogP contribution < -0.4 is 9.64 Å². The van der Waals surface area contributed by atoms with Crippen molar-refractivity contribution in [2.45, 2.75) is 45.8 Å². The van der Waals surface area contributed by atoms with E-state index >= 15 is 0 Å². The molecule has 0 spiro atoms. The van der Waals surface area contributed by atoms with Gasteiger partial charge in [0, 0.05) is 38.7 Å². The fourth-order valence-corrected chi connectivity index (χ4v) is 5.08. The van der Waals surface area contributed by atoms with Crippen LogP contribution in [0.4, 0.5) is 23.7 Å². The van der Waals surface area contributed by atoms with Crippen molar-refractivity contribution in [2.24, 2.45) is 5.41 Å². The molecule has 0 aliphatic carbocycles. The van der Waals surface area contributed by atoms with Gasteiger partial charge < -0.3 is 14.6 Å². The topological polar surface area (TPSA) is 96.4 Å². The van der Waals surface area contributed by atoms with E-state index in [1.807, 2.05) is 20.8 Å². The SMILES string of the molecule is CN(C(=O)OC1(O)CCN(S(=O)(=O)CC(C)(C)C)CC1)c1ccc(OC(F)(F)F)cc1. The summed E-state index contributed by atoms with van der Waals surface area (Å²) >= 11 is 0. The van der Waals surface area contributed by atoms with Crippen LogP contribution in [0.2, 0.25) is 0 Å². The maximum absolute atomic E-state index is 12.5. The van der Waals surface area contributed by atoms with Crippen LogP contribution in [0.3, 0.4) is 0 Å². The standard InChI is InChI=1S/C19H27F3N2O6S/c1-17(2,3)13-31(27,28)24-11-9-18(26,10-12-24)30-16(25)23(4)14-5-7-15(8-6-14)29-19(20,21)22/h5-8,26H,9-13H2,1-4H3. The van der Waals surface area contributed by atoms with Gasteiger partial charge in [-0.3, -0.25) is 4.90 Å². The Morgan fingerprint density at radius 1 is 1.16 bits per heavy atom. The van der Waals surface area contributed by atoms with Gasteiger partial charge in [-0.15, -0.1) is 13.2 Å². The van der Waals surface area contributed by atoms with Crippen LogP contribution in [0.5, 0.6) is 5.75 Å². The summed E-state index contributed by atoms with van der Waals surface area (Å²) < 4.78 is 71.9. The van der Waals surface area contributed by atoms with Crippen molar-refractivity contribution >= 4 is 21.8 Å². The quantitative estimate of drug-likeness (QED) is 0.666. The van der Waals surface area contributed by atoms with Gasteiger partial charge in [-0.1, -0.05) is 20.8 Å². The number of benzene rings is 1. The van der Waals surface area contributed by atoms with E-state index in [2.05, 4.69) is 4.74 Å². The second kappa shape index (κ2) is 8.83. The molecule has 8 nitrogen and oxygen atoms in total. The van der Waals surface area contributed by atoms with Crippen LogP contribution in [0, 0.1) is 5.41 Å². The number of rotatable bonds is 5. The third-order valence-electron chi connectivity index (χ3n) is 4.52. The molecule has 1 aromatic carbocycles. The number of alkyl halides is 3. The van der Waals surface area contributed by atoms with Gasteiger partial charge in [0.1, 0.15) is 5.75 Å². The second-order valence-corrected chi connectivity index (χ2v) is 10.6. The summed E-state index contributed by atoms with van der Waals surface area (Å²) in [5.41, 5.74) is -0.212. The van der Waals surface area contributed by atoms with E-state index in [4.69, 9.17) is 4.74 Å². The van der Waals surface area contributed by atoms with Crippen molar-refractivity contribution in [2.75, 3.05) is 30.8 Å². The van der Waals surface area contributed by atoms with Gasteiger partial charge in [-0.05, 0) is 29.7 Å². The average Bonchev–Trinajstić information content (AvgIpc) is 2.58. The van der Waals surface area contributed by atoms with Crippen LogP contribution in [0.25, 0.3) is 0 Å². The maximum atomic E-state index is 12.5. The number of aliphatic hydroxyl groups is 1. The summed E-state index contributed by atoms with van der Waals surface area (Å²) in [7, 11) is -2.19. The zero-order valence-electron chi connectivity index (χ0n) is 17.8. The fraction of sp³-hybridized carbons (Fsp3) is 0.632. The van der Waals surface area contributed by atoms with E-state index in [-0.39, 0.29) is 37.4 Å². The lowest BCUT2D eigenvalue weighted by molar-refractivity contribution is -0.274. The summed E-state index contributed by atoms with van der Waals surface area (Å²) in [6.07, 6.45) is -5.97. The van der Waals surface area contributed by atoms with Crippen molar-refractivity contribution in [3.63, 3.8) is 0 Å². The van der Waals surface area contributed by atoms with Crippen LogP contribution in [-0.4, -0.2) is 62.0 Å². The molecule has 1 amide bonds. The molecule has 1 N–H and O–H groups in total. The molecule has 0 radical (unpaired) electrons. The third-order valence-corrected chi connectivity index (χ3v) is 6.90. The van der Waals surface area contributed by atoms with Crippen molar-refractivity contribution in [3.05, 3.63) is 24.3 Å². The number of hydrogen-bond donors (Lipinski definition) is 1. The van der Waals surface area contributed by atoms with Gasteiger partial charge in [0.15, 0.2) is 0 Å². The summed E-state index contributed by atoms with van der Waals surface area (Å²) in [6, 6.07) is 4.54. The fourth-order valence-electron chi connectivity index (χ4n) is 3.06. The van der Waals surface area contributed by atoms with E-state index in [1.54, 1.807) is 0 Å². The molecule has 1 aliphatic rings. The first kappa shape index (κ1) is 25.2. The number of amides is 1. The molecule has 1 saturated heterocycles. The summed E-state index contributed by atoms with van der Waals surface area (Å²) in [4.78, 5) is 13.4. The normalized spacial score (nSPS) is 17.8. The molecule has 1 heterocycles. The largest absolute Gasteiger partial charge is 0.573 e. The number of nitrogens with zero attached hydrogens (tertiary/aromatic N) is 2. The van der Waals surface area contributed by atoms with Gasteiger partial charge in [0.25, 0.3) is 0 Å². The number of piperidine rings is 1. The number of anilines is 1. The van der Waals surface area contributed by atoms with E-state index < -0.39 is 39.4 Å². The van der Waals surface area contributed by atoms with Crippen molar-refractivity contribution in [1.82, 2.24) is 4.31 Å². The van der Waals surface area contributed by atoms with E-state index in [0.29, 0.717) is 0 Å². The maximum Gasteiger partial charge on any atom is 0.573 e. The highest BCUT2D eigenvalue weighted by Crippen LogP contribution is 2.29. The first-order valence-corrected chi connectivity index (χ1v) is 11.1. The van der Waals surface area contributed by atoms with Crippen molar-refractivity contribution in [3.8, 4) is 5.75 Å². The lowest BCUT2D eigenvalue weighted by Crippen LogP contribution is -2.51. The van der Waals surface area contributed by atoms with E-state index in [1.165, 1.54) is 23.5 Å². The smallest absolute Gasteiger partial charge is 0.417 e. The Labute approximate surface area is 179 Å². The highest BCUT2D eigenvalue weighted by Gasteiger charge is 2.41. The van der Waals surface area contributed by atoms with E-state index in [0.717, 1.165) is 17.0 Å². The molecule has 1 aliphatic heterocycles. The summed E-state index contributed by atoms with van der Waals surface area (Å²) in [5.74, 6) is -2.34. The number of halogens is 3. The minimum absolute atomic E-state index is 0.00458. The Morgan fingerprint density at radius 3 is 2.13 bits per heavy atom. The Morgan fingerprint density at radius 2 is 1.68 bits per heavy atom. The van der Waals surface area contributed by atoms with Gasteiger partial charge in [-0.25, -0.2) is 17.5 Å². The van der Waals surface area contributed by atoms with Gasteiger partial charge in [-0.2, -0.15) is 0 Å². The van der Waals surface area contributed by atoms with Crippen LogP contribution in [0.1, 0.15) is 33.6 Å². The Balaban J connectivity index is 1.96. The van der Waals surface area contributed by atoms with Gasteiger partial charge in [0.2, 0.25) is 15.8 Å². The molecule has 0 atom stereocenters. The molecule has 1 aromatic rings. The van der Waals surface area contributed by atoms with Crippen LogP contribution in [0.15, 0.2) is 24.3 Å². The zero-order valence-corrected chi connectivity index (χ0v) is 18.6. The average molecular weight is 468 g/mol. The van der Waals surface area contributed by atoms with Crippen LogP contribution in [-0.2, 0) is 14.8 Å². The molecule has 0 aromatic heterocycles. The lowest BCUT2D eigenvalue weighted by atomic mass is 10.0. The first-order valence-electron chi connectivity index (χ1n) is 9.52. The molecular weight excluding hydrogens is 441 g/mol. The Kier molecular flexibility index (Phi) is 7.18. The lowest BCUT2D eigenvalue weighted by Gasteiger charge is -2.38. The number of hydrogen-bond acceptors (Lipinski definition) is 6. The second-order valence-electron chi connectivity index (χ2n) is 8.63. The molecule has 12 heteroatoms. The molecule has 0 bridgehead atoms. The molecular formula is C19H27F3N2O6S. The monoisotopic (exact) mass is 468 g/mol. The third kappa shape index (κ3) is 7.54. The Hall–Kier alpha value is -2.05. The minimum atomic E-state index is -4.83. The van der Waals surface area contributed by atoms with Crippen molar-refractivity contribution < 1.29 is 41.0 Å². The molecule has 1 fully saturated rings. The van der Waals surface area contributed by atoms with E-state index in [9.17, 15) is 31.5 Å². The first-order chi connectivity index (χ1) is 14.0. The summed E-state index contributed by atoms with van der Waals surface area (Å²) in [6.45, 7) is 5.42. The predicted molar refractivity (Wildman–Crippen MR) is 107 cm³/mol. The number of sulfonamides is 1. The number of ether oxygens (including phenoxy) is 2. The molecule has 0 saturated carbocycles. The molecule has 176 valence electrons. The molecule has 2 rings (SSSR count). The highest BCUT2D eigenvalue weighted by atomic mass is 32.2. The van der Waals surface area contributed by atoms with Gasteiger partial charge >= 0.3 is 12.5 Å². The Bertz CT molecular complexity index is 873. The van der Waals surface area contributed by atoms with Crippen molar-refractivity contribution in [1.29, 1.82) is 0 Å². The number of carbonyl (C=O) groups is 1. The van der Waals surface area contributed by atoms with Gasteiger partial charge in [0.05, 0.1) is 5.75 Å². The predicted octanol–water partition coefficient (Wildman–Crippen LogP) is 3.32.